The first-order chi connectivity index (χ1) is 7.27. The van der Waals surface area contributed by atoms with Crippen LogP contribution in [0.4, 0.5) is 5.95 Å². The third-order valence-electron chi connectivity index (χ3n) is 1.72. The molecule has 1 rings (SSSR count). The van der Waals surface area contributed by atoms with Crippen molar-refractivity contribution in [2.45, 2.75) is 13.8 Å². The van der Waals surface area contributed by atoms with Crippen LogP contribution in [-0.4, -0.2) is 29.8 Å². The first-order valence-corrected chi connectivity index (χ1v) is 4.78. The fourth-order valence-corrected chi connectivity index (χ4v) is 0.984. The fourth-order valence-electron chi connectivity index (χ4n) is 0.984. The van der Waals surface area contributed by atoms with Crippen molar-refractivity contribution in [2.75, 3.05) is 25.2 Å². The van der Waals surface area contributed by atoms with E-state index in [0.717, 1.165) is 5.56 Å². The molecule has 6 heteroatoms. The van der Waals surface area contributed by atoms with Gasteiger partial charge in [0.2, 0.25) is 11.8 Å². The Labute approximate surface area is 88.8 Å². The second kappa shape index (κ2) is 6.15. The van der Waals surface area contributed by atoms with Gasteiger partial charge in [0.05, 0.1) is 6.61 Å². The Morgan fingerprint density at radius 2 is 2.27 bits per heavy atom. The summed E-state index contributed by atoms with van der Waals surface area (Å²) in [4.78, 5) is 8.01. The number of nitrogens with zero attached hydrogens (tertiary/aromatic N) is 2. The summed E-state index contributed by atoms with van der Waals surface area (Å²) in [5.74, 6) is 6.06. The molecular formula is C9H16N4O2. The monoisotopic (exact) mass is 212 g/mol. The van der Waals surface area contributed by atoms with Crippen molar-refractivity contribution in [3.05, 3.63) is 11.8 Å². The van der Waals surface area contributed by atoms with Crippen molar-refractivity contribution in [2.24, 2.45) is 5.84 Å². The van der Waals surface area contributed by atoms with Crippen molar-refractivity contribution in [3.8, 4) is 5.88 Å². The smallest absolute Gasteiger partial charge is 0.240 e. The number of aryl methyl sites for hydroxylation is 1. The molecule has 0 atom stereocenters. The number of hydrogen-bond donors (Lipinski definition) is 2. The Morgan fingerprint density at radius 3 is 2.93 bits per heavy atom. The first-order valence-electron chi connectivity index (χ1n) is 4.78. The van der Waals surface area contributed by atoms with E-state index in [1.54, 1.807) is 6.20 Å². The molecule has 0 radical (unpaired) electrons. The highest BCUT2D eigenvalue weighted by Crippen LogP contribution is 2.14. The lowest BCUT2D eigenvalue weighted by atomic mass is 10.4. The summed E-state index contributed by atoms with van der Waals surface area (Å²) >= 11 is 0. The van der Waals surface area contributed by atoms with Crippen LogP contribution in [-0.2, 0) is 4.74 Å². The third-order valence-corrected chi connectivity index (χ3v) is 1.72. The van der Waals surface area contributed by atoms with Gasteiger partial charge in [-0.05, 0) is 13.8 Å². The summed E-state index contributed by atoms with van der Waals surface area (Å²) in [7, 11) is 0. The molecule has 0 amide bonds. The Balaban J connectivity index is 2.51. The van der Waals surface area contributed by atoms with Gasteiger partial charge in [-0.25, -0.2) is 10.8 Å². The van der Waals surface area contributed by atoms with Gasteiger partial charge in [0, 0.05) is 18.4 Å². The van der Waals surface area contributed by atoms with Gasteiger partial charge >= 0.3 is 0 Å². The second-order valence-electron chi connectivity index (χ2n) is 2.87. The molecule has 0 aliphatic rings. The molecule has 1 heterocycles. The Hall–Kier alpha value is -1.40. The largest absolute Gasteiger partial charge is 0.475 e. The molecule has 1 aromatic heterocycles. The normalized spacial score (nSPS) is 10.1. The average molecular weight is 212 g/mol. The maximum Gasteiger partial charge on any atom is 0.240 e. The molecule has 0 spiro atoms. The SMILES string of the molecule is CCOCCOc1nc(NN)ncc1C. The molecule has 0 bridgehead atoms. The number of ether oxygens (including phenoxy) is 2. The summed E-state index contributed by atoms with van der Waals surface area (Å²) in [5, 5.41) is 0. The lowest BCUT2D eigenvalue weighted by Gasteiger charge is -2.08. The highest BCUT2D eigenvalue weighted by Gasteiger charge is 2.03. The van der Waals surface area contributed by atoms with E-state index in [0.29, 0.717) is 31.6 Å². The van der Waals surface area contributed by atoms with Crippen LogP contribution in [0.25, 0.3) is 0 Å². The molecular weight excluding hydrogens is 196 g/mol. The molecule has 84 valence electrons. The predicted molar refractivity (Wildman–Crippen MR) is 56.6 cm³/mol. The maximum absolute atomic E-state index is 5.41. The molecule has 0 aliphatic heterocycles. The van der Waals surface area contributed by atoms with Crippen LogP contribution in [0.15, 0.2) is 6.20 Å². The van der Waals surface area contributed by atoms with Gasteiger partial charge in [0.15, 0.2) is 0 Å². The molecule has 1 aromatic rings. The molecule has 0 saturated carbocycles. The fraction of sp³-hybridized carbons (Fsp3) is 0.556. The van der Waals surface area contributed by atoms with Crippen molar-refractivity contribution in [1.82, 2.24) is 9.97 Å². The van der Waals surface area contributed by atoms with Gasteiger partial charge in [-0.2, -0.15) is 4.98 Å². The molecule has 0 aliphatic carbocycles. The summed E-state index contributed by atoms with van der Waals surface area (Å²) < 4.78 is 10.6. The number of hydrogen-bond acceptors (Lipinski definition) is 6. The number of anilines is 1. The number of nitrogens with one attached hydrogen (secondary N) is 1. The van der Waals surface area contributed by atoms with Gasteiger partial charge in [0.25, 0.3) is 0 Å². The Bertz CT molecular complexity index is 306. The molecule has 0 unspecified atom stereocenters. The third kappa shape index (κ3) is 3.69. The van der Waals surface area contributed by atoms with Gasteiger partial charge in [-0.15, -0.1) is 0 Å². The highest BCUT2D eigenvalue weighted by atomic mass is 16.5. The number of aromatic nitrogens is 2. The van der Waals surface area contributed by atoms with Gasteiger partial charge in [-0.3, -0.25) is 5.43 Å². The van der Waals surface area contributed by atoms with E-state index in [1.807, 2.05) is 13.8 Å². The second-order valence-corrected chi connectivity index (χ2v) is 2.87. The standard InChI is InChI=1S/C9H16N4O2/c1-3-14-4-5-15-8-7(2)6-11-9(12-8)13-10/h6H,3-5,10H2,1-2H3,(H,11,12,13). The predicted octanol–water partition coefficient (Wildman–Crippen LogP) is 0.486. The van der Waals surface area contributed by atoms with E-state index in [-0.39, 0.29) is 0 Å². The van der Waals surface area contributed by atoms with Crippen LogP contribution in [0.3, 0.4) is 0 Å². The van der Waals surface area contributed by atoms with Crippen LogP contribution in [0.5, 0.6) is 5.88 Å². The van der Waals surface area contributed by atoms with Crippen molar-refractivity contribution in [1.29, 1.82) is 0 Å². The number of rotatable bonds is 6. The minimum atomic E-state index is 0.340. The van der Waals surface area contributed by atoms with E-state index in [4.69, 9.17) is 15.3 Å². The molecule has 0 fully saturated rings. The zero-order valence-electron chi connectivity index (χ0n) is 8.99. The summed E-state index contributed by atoms with van der Waals surface area (Å²) in [6.45, 7) is 5.51. The molecule has 0 aromatic carbocycles. The van der Waals surface area contributed by atoms with E-state index >= 15 is 0 Å². The van der Waals surface area contributed by atoms with Crippen molar-refractivity contribution < 1.29 is 9.47 Å². The highest BCUT2D eigenvalue weighted by molar-refractivity contribution is 5.31. The summed E-state index contributed by atoms with van der Waals surface area (Å²) in [5.41, 5.74) is 3.23. The van der Waals surface area contributed by atoms with Crippen LogP contribution < -0.4 is 16.0 Å². The van der Waals surface area contributed by atoms with Crippen LogP contribution in [0, 0.1) is 6.92 Å². The van der Waals surface area contributed by atoms with Gasteiger partial charge < -0.3 is 9.47 Å². The zero-order valence-corrected chi connectivity index (χ0v) is 8.99. The number of nitrogen functional groups attached to an aromatic ring is 1. The van der Waals surface area contributed by atoms with E-state index in [1.165, 1.54) is 0 Å². The van der Waals surface area contributed by atoms with E-state index in [9.17, 15) is 0 Å². The zero-order chi connectivity index (χ0) is 11.1. The topological polar surface area (TPSA) is 82.3 Å². The van der Waals surface area contributed by atoms with E-state index in [2.05, 4.69) is 15.4 Å². The maximum atomic E-state index is 5.41. The Kier molecular flexibility index (Phi) is 4.79. The molecule has 3 N–H and O–H groups in total. The average Bonchev–Trinajstić information content (AvgIpc) is 2.26. The van der Waals surface area contributed by atoms with Crippen LogP contribution in [0.2, 0.25) is 0 Å². The van der Waals surface area contributed by atoms with E-state index < -0.39 is 0 Å². The number of hydrazine groups is 1. The van der Waals surface area contributed by atoms with Gasteiger partial charge in [0.1, 0.15) is 6.61 Å². The van der Waals surface area contributed by atoms with Gasteiger partial charge in [-0.1, -0.05) is 0 Å². The summed E-state index contributed by atoms with van der Waals surface area (Å²) in [6, 6.07) is 0. The van der Waals surface area contributed by atoms with Crippen LogP contribution in [0.1, 0.15) is 12.5 Å². The lowest BCUT2D eigenvalue weighted by Crippen LogP contribution is -2.13. The molecule has 0 saturated heterocycles. The minimum Gasteiger partial charge on any atom is -0.475 e. The van der Waals surface area contributed by atoms with Crippen molar-refractivity contribution >= 4 is 5.95 Å². The quantitative estimate of drug-likeness (QED) is 0.405. The lowest BCUT2D eigenvalue weighted by molar-refractivity contribution is 0.108. The minimum absolute atomic E-state index is 0.340. The van der Waals surface area contributed by atoms with Crippen molar-refractivity contribution in [3.63, 3.8) is 0 Å². The first kappa shape index (κ1) is 11.7. The Morgan fingerprint density at radius 1 is 1.47 bits per heavy atom. The number of nitrogens with two attached hydrogens (primary N) is 1. The molecule has 6 nitrogen and oxygen atoms in total. The van der Waals surface area contributed by atoms with Crippen LogP contribution >= 0.6 is 0 Å². The molecule has 15 heavy (non-hydrogen) atoms. The summed E-state index contributed by atoms with van der Waals surface area (Å²) in [6.07, 6.45) is 1.65.